The van der Waals surface area contributed by atoms with Crippen LogP contribution in [0.4, 0.5) is 0 Å². The Morgan fingerprint density at radius 3 is 0.717 bits per heavy atom. The number of carbonyl (C=O) groups is 4. The summed E-state index contributed by atoms with van der Waals surface area (Å²) in [6.07, 6.45) is 68.0. The Balaban J connectivity index is 5.26. The molecule has 0 aliphatic rings. The lowest BCUT2D eigenvalue weighted by molar-refractivity contribution is -0.161. The zero-order valence-corrected chi connectivity index (χ0v) is 71.7. The molecule has 0 aliphatic carbocycles. The summed E-state index contributed by atoms with van der Waals surface area (Å²) < 4.78 is 69.0. The van der Waals surface area contributed by atoms with Crippen molar-refractivity contribution in [1.29, 1.82) is 0 Å². The molecule has 6 atom stereocenters. The van der Waals surface area contributed by atoms with Crippen LogP contribution >= 0.6 is 15.6 Å². The first-order valence-electron chi connectivity index (χ1n) is 44.9. The number of aliphatic hydroxyl groups is 1. The van der Waals surface area contributed by atoms with Gasteiger partial charge in [-0.2, -0.15) is 0 Å². The van der Waals surface area contributed by atoms with Crippen LogP contribution in [0.15, 0.2) is 0 Å². The van der Waals surface area contributed by atoms with Crippen LogP contribution in [-0.2, 0) is 65.4 Å². The summed E-state index contributed by atoms with van der Waals surface area (Å²) in [6, 6.07) is 0. The van der Waals surface area contributed by atoms with Crippen molar-refractivity contribution in [3.63, 3.8) is 0 Å². The third-order valence-electron chi connectivity index (χ3n) is 20.7. The van der Waals surface area contributed by atoms with Crippen LogP contribution in [0.1, 0.15) is 459 Å². The normalized spacial score (nSPS) is 14.1. The highest BCUT2D eigenvalue weighted by atomic mass is 31.2. The molecule has 0 aromatic carbocycles. The Bertz CT molecular complexity index is 2050. The van der Waals surface area contributed by atoms with Gasteiger partial charge in [-0.1, -0.05) is 408 Å². The van der Waals surface area contributed by atoms with Gasteiger partial charge in [0.25, 0.3) is 0 Å². The molecule has 0 aromatic rings. The monoisotopic (exact) mass is 1550 g/mol. The predicted molar refractivity (Wildman–Crippen MR) is 437 cm³/mol. The van der Waals surface area contributed by atoms with E-state index in [0.717, 1.165) is 108 Å². The molecule has 0 spiro atoms. The van der Waals surface area contributed by atoms with E-state index < -0.39 is 97.5 Å². The first-order valence-corrected chi connectivity index (χ1v) is 47.9. The lowest BCUT2D eigenvalue weighted by Crippen LogP contribution is -2.30. The van der Waals surface area contributed by atoms with Crippen molar-refractivity contribution in [2.24, 2.45) is 17.8 Å². The van der Waals surface area contributed by atoms with E-state index in [1.54, 1.807) is 0 Å². The zero-order valence-electron chi connectivity index (χ0n) is 69.9. The van der Waals surface area contributed by atoms with Crippen molar-refractivity contribution in [3.05, 3.63) is 0 Å². The molecule has 0 aliphatic heterocycles. The quantitative estimate of drug-likeness (QED) is 0.0222. The molecule has 0 amide bonds. The fourth-order valence-electron chi connectivity index (χ4n) is 13.5. The number of phosphoric acid groups is 2. The van der Waals surface area contributed by atoms with E-state index in [0.29, 0.717) is 25.7 Å². The second kappa shape index (κ2) is 77.0. The van der Waals surface area contributed by atoms with Gasteiger partial charge in [0.15, 0.2) is 12.2 Å². The number of unbranched alkanes of at least 4 members (excludes halogenated alkanes) is 52. The highest BCUT2D eigenvalue weighted by Gasteiger charge is 2.31. The van der Waals surface area contributed by atoms with E-state index in [4.69, 9.17) is 37.0 Å². The van der Waals surface area contributed by atoms with Crippen molar-refractivity contribution >= 4 is 39.5 Å². The number of hydrogen-bond acceptors (Lipinski definition) is 15. The molecule has 0 saturated heterocycles. The van der Waals surface area contributed by atoms with Crippen molar-refractivity contribution in [3.8, 4) is 0 Å². The molecule has 0 heterocycles. The van der Waals surface area contributed by atoms with Crippen molar-refractivity contribution in [2.45, 2.75) is 478 Å². The van der Waals surface area contributed by atoms with Crippen LogP contribution in [0.25, 0.3) is 0 Å². The molecule has 0 bridgehead atoms. The molecular formula is C87H170O17P2. The average molecular weight is 1550 g/mol. The van der Waals surface area contributed by atoms with Crippen molar-refractivity contribution in [1.82, 2.24) is 0 Å². The molecule has 0 rings (SSSR count). The molecule has 0 saturated carbocycles. The minimum absolute atomic E-state index is 0.107. The van der Waals surface area contributed by atoms with Crippen LogP contribution < -0.4 is 0 Å². The molecule has 630 valence electrons. The number of esters is 4. The molecule has 19 heteroatoms. The highest BCUT2D eigenvalue weighted by molar-refractivity contribution is 7.47. The lowest BCUT2D eigenvalue weighted by Gasteiger charge is -2.21. The van der Waals surface area contributed by atoms with Gasteiger partial charge in [0, 0.05) is 25.7 Å². The van der Waals surface area contributed by atoms with E-state index in [-0.39, 0.29) is 25.7 Å². The fraction of sp³-hybridized carbons (Fsp3) is 0.954. The first-order chi connectivity index (χ1) is 51.3. The van der Waals surface area contributed by atoms with Crippen molar-refractivity contribution in [2.75, 3.05) is 39.6 Å². The minimum Gasteiger partial charge on any atom is -0.462 e. The average Bonchev–Trinajstić information content (AvgIpc) is 0.920. The van der Waals surface area contributed by atoms with Gasteiger partial charge in [-0.25, -0.2) is 9.13 Å². The zero-order chi connectivity index (χ0) is 77.9. The number of hydrogen-bond donors (Lipinski definition) is 3. The molecule has 17 nitrogen and oxygen atoms in total. The Hall–Kier alpha value is -1.94. The molecule has 106 heavy (non-hydrogen) atoms. The van der Waals surface area contributed by atoms with Crippen LogP contribution in [0, 0.1) is 17.8 Å². The molecule has 3 unspecified atom stereocenters. The molecule has 3 N–H and O–H groups in total. The van der Waals surface area contributed by atoms with E-state index in [1.165, 1.54) is 270 Å². The summed E-state index contributed by atoms with van der Waals surface area (Å²) in [5.41, 5.74) is 0. The SMILES string of the molecule is CCCCCCCCCCCCCCCCCCCCCCC(=O)O[C@H](COC(=O)CCCCCCCCCCCCCCCCC(C)C)COP(=O)(O)OC[C@@H](O)COP(=O)(O)OC[C@@H](COC(=O)CCCCCCCCCCC(C)CC)OC(=O)CCCCCCCCCCCCCCCCC(C)C. The van der Waals surface area contributed by atoms with Gasteiger partial charge in [-0.3, -0.25) is 37.3 Å². The van der Waals surface area contributed by atoms with Gasteiger partial charge in [-0.15, -0.1) is 0 Å². The van der Waals surface area contributed by atoms with Gasteiger partial charge in [0.1, 0.15) is 19.3 Å². The minimum atomic E-state index is -4.97. The van der Waals surface area contributed by atoms with Crippen LogP contribution in [0.2, 0.25) is 0 Å². The molecule has 0 aromatic heterocycles. The Kier molecular flexibility index (Phi) is 75.6. The van der Waals surface area contributed by atoms with E-state index >= 15 is 0 Å². The number of ether oxygens (including phenoxy) is 4. The van der Waals surface area contributed by atoms with Crippen LogP contribution in [0.5, 0.6) is 0 Å². The summed E-state index contributed by atoms with van der Waals surface area (Å²) in [7, 11) is -9.93. The maximum atomic E-state index is 13.2. The van der Waals surface area contributed by atoms with E-state index in [1.807, 2.05) is 0 Å². The Labute approximate surface area is 651 Å². The van der Waals surface area contributed by atoms with Gasteiger partial charge in [0.05, 0.1) is 26.4 Å². The van der Waals surface area contributed by atoms with Crippen LogP contribution in [-0.4, -0.2) is 96.7 Å². The van der Waals surface area contributed by atoms with Gasteiger partial charge >= 0.3 is 39.5 Å². The third-order valence-corrected chi connectivity index (χ3v) is 22.6. The van der Waals surface area contributed by atoms with E-state index in [2.05, 4.69) is 48.5 Å². The number of rotatable bonds is 85. The molecule has 0 fully saturated rings. The lowest BCUT2D eigenvalue weighted by atomic mass is 9.99. The van der Waals surface area contributed by atoms with Gasteiger partial charge < -0.3 is 33.8 Å². The predicted octanol–water partition coefficient (Wildman–Crippen LogP) is 26.5. The summed E-state index contributed by atoms with van der Waals surface area (Å²) in [6.45, 7) is 12.0. The van der Waals surface area contributed by atoms with Gasteiger partial charge in [0.2, 0.25) is 0 Å². The van der Waals surface area contributed by atoms with Gasteiger partial charge in [-0.05, 0) is 43.4 Å². The highest BCUT2D eigenvalue weighted by Crippen LogP contribution is 2.45. The summed E-state index contributed by atoms with van der Waals surface area (Å²) in [5, 5.41) is 10.7. The standard InChI is InChI=1S/C87H170O17P2/c1-8-10-11-12-13-14-15-16-17-18-19-20-21-22-30-35-40-49-56-63-70-86(91)103-82(74-97-84(89)68-61-54-47-39-34-29-25-23-27-32-37-44-51-58-65-78(3)4)76-101-105(93,94)99-72-81(88)73-100-106(95,96)102-77-83(75-98-85(90)69-62-55-48-43-42-46-53-60-67-80(7)9-2)104-87(92)71-64-57-50-41-36-31-26-24-28-33-38-45-52-59-66-79(5)6/h78-83,88H,8-77H2,1-7H3,(H,93,94)(H,95,96)/t80?,81-,82-,83-/m1/s1. The maximum absolute atomic E-state index is 13.2. The summed E-state index contributed by atoms with van der Waals surface area (Å²) in [4.78, 5) is 73.3. The molecular weight excluding hydrogens is 1380 g/mol. The summed E-state index contributed by atoms with van der Waals surface area (Å²) >= 11 is 0. The smallest absolute Gasteiger partial charge is 0.462 e. The fourth-order valence-corrected chi connectivity index (χ4v) is 15.1. The second-order valence-corrected chi connectivity index (χ2v) is 35.4. The summed E-state index contributed by atoms with van der Waals surface area (Å²) in [5.74, 6) is 0.269. The second-order valence-electron chi connectivity index (χ2n) is 32.5. The number of aliphatic hydroxyl groups excluding tert-OH is 1. The number of phosphoric ester groups is 2. The van der Waals surface area contributed by atoms with Crippen molar-refractivity contribution < 1.29 is 80.2 Å². The Morgan fingerprint density at radius 1 is 0.274 bits per heavy atom. The largest absolute Gasteiger partial charge is 0.472 e. The van der Waals surface area contributed by atoms with Crippen LogP contribution in [0.3, 0.4) is 0 Å². The molecule has 0 radical (unpaired) electrons. The first kappa shape index (κ1) is 104. The third kappa shape index (κ3) is 78.7. The maximum Gasteiger partial charge on any atom is 0.472 e. The van der Waals surface area contributed by atoms with E-state index in [9.17, 15) is 43.2 Å². The topological polar surface area (TPSA) is 237 Å². The number of carbonyl (C=O) groups excluding carboxylic acids is 4. The Morgan fingerprint density at radius 2 is 0.481 bits per heavy atom.